The van der Waals surface area contributed by atoms with Gasteiger partial charge in [0.15, 0.2) is 5.82 Å². The molecule has 2 aromatic carbocycles. The van der Waals surface area contributed by atoms with Gasteiger partial charge in [0.05, 0.1) is 23.8 Å². The lowest BCUT2D eigenvalue weighted by molar-refractivity contribution is -0.137. The molecule has 0 fully saturated rings. The van der Waals surface area contributed by atoms with E-state index in [9.17, 15) is 36.3 Å². The fourth-order valence-corrected chi connectivity index (χ4v) is 4.73. The Kier molecular flexibility index (Phi) is 9.13. The molecule has 0 spiro atoms. The number of alkyl halides is 3. The van der Waals surface area contributed by atoms with E-state index in [0.717, 1.165) is 12.1 Å². The molecule has 3 heterocycles. The van der Waals surface area contributed by atoms with Gasteiger partial charge in [0.1, 0.15) is 17.7 Å². The van der Waals surface area contributed by atoms with Gasteiger partial charge in [-0.1, -0.05) is 11.6 Å². The van der Waals surface area contributed by atoms with Crippen molar-refractivity contribution in [3.05, 3.63) is 99.7 Å². The summed E-state index contributed by atoms with van der Waals surface area (Å²) in [7, 11) is 1.42. The van der Waals surface area contributed by atoms with Crippen molar-refractivity contribution >= 4 is 35.6 Å². The van der Waals surface area contributed by atoms with Crippen molar-refractivity contribution < 1.29 is 36.3 Å². The topological polar surface area (TPSA) is 123 Å². The van der Waals surface area contributed by atoms with Gasteiger partial charge in [-0.3, -0.25) is 19.1 Å². The summed E-state index contributed by atoms with van der Waals surface area (Å²) in [6.07, 6.45) is -0.833. The van der Waals surface area contributed by atoms with E-state index in [2.05, 4.69) is 26.0 Å². The zero-order valence-electron chi connectivity index (χ0n) is 22.4. The summed E-state index contributed by atoms with van der Waals surface area (Å²) in [5.41, 5.74) is -0.136. The number of hydrogen-bond acceptors (Lipinski definition) is 5. The largest absolute Gasteiger partial charge is 0.416 e. The predicted octanol–water partition coefficient (Wildman–Crippen LogP) is 4.41. The number of aryl methyl sites for hydroxylation is 1. The van der Waals surface area contributed by atoms with Gasteiger partial charge in [0.25, 0.3) is 5.91 Å². The molecule has 0 saturated carbocycles. The number of imidazole rings is 1. The molecule has 0 aliphatic carbocycles. The molecule has 0 bridgehead atoms. The Morgan fingerprint density at radius 3 is 2.51 bits per heavy atom. The molecule has 0 radical (unpaired) electrons. The number of rotatable bonds is 6. The van der Waals surface area contributed by atoms with Crippen molar-refractivity contribution in [1.82, 2.24) is 30.0 Å². The number of benzene rings is 2. The number of anilines is 1. The van der Waals surface area contributed by atoms with E-state index in [-0.39, 0.29) is 40.0 Å². The van der Waals surface area contributed by atoms with Gasteiger partial charge in [0, 0.05) is 30.0 Å². The lowest BCUT2D eigenvalue weighted by atomic mass is 9.99. The van der Waals surface area contributed by atoms with Crippen LogP contribution in [0.5, 0.6) is 0 Å². The minimum absolute atomic E-state index is 0.0457. The molecular formula is C27H23ClF5N7O3. The quantitative estimate of drug-likeness (QED) is 0.217. The zero-order chi connectivity index (χ0) is 31.5. The highest BCUT2D eigenvalue weighted by molar-refractivity contribution is 6.31. The van der Waals surface area contributed by atoms with Crippen LogP contribution in [-0.4, -0.2) is 44.6 Å². The van der Waals surface area contributed by atoms with Crippen molar-refractivity contribution in [3.8, 4) is 0 Å². The van der Waals surface area contributed by atoms with Crippen molar-refractivity contribution in [2.45, 2.75) is 31.7 Å². The lowest BCUT2D eigenvalue weighted by Crippen LogP contribution is -2.45. The molecule has 1 aliphatic rings. The maximum Gasteiger partial charge on any atom is 0.416 e. The molecule has 3 amide bonds. The summed E-state index contributed by atoms with van der Waals surface area (Å²) in [4.78, 5) is 41.2. The molecule has 1 aliphatic heterocycles. The third kappa shape index (κ3) is 6.83. The van der Waals surface area contributed by atoms with Crippen LogP contribution >= 0.6 is 11.6 Å². The molecule has 0 saturated heterocycles. The number of aromatic nitrogens is 4. The fourth-order valence-electron chi connectivity index (χ4n) is 4.51. The van der Waals surface area contributed by atoms with Gasteiger partial charge >= 0.3 is 6.18 Å². The Hall–Kier alpha value is -4.79. The average Bonchev–Trinajstić information content (AvgIpc) is 3.59. The molecular weight excluding hydrogens is 601 g/mol. The van der Waals surface area contributed by atoms with Gasteiger partial charge in [0.2, 0.25) is 18.1 Å². The molecule has 3 N–H and O–H groups in total. The van der Waals surface area contributed by atoms with Crippen LogP contribution in [0, 0.1) is 18.6 Å². The second kappa shape index (κ2) is 12.6. The Morgan fingerprint density at radius 2 is 1.91 bits per heavy atom. The molecule has 2 atom stereocenters. The number of carbonyl (C=O) groups excluding carboxylic acids is 3. The highest BCUT2D eigenvalue weighted by atomic mass is 35.5. The first kappa shape index (κ1) is 31.2. The molecule has 4 aromatic rings. The monoisotopic (exact) mass is 623 g/mol. The van der Waals surface area contributed by atoms with Gasteiger partial charge in [-0.05, 0) is 55.0 Å². The number of carbonyl (C=O) groups is 3. The second-order valence-electron chi connectivity index (χ2n) is 9.25. The highest BCUT2D eigenvalue weighted by Gasteiger charge is 2.41. The van der Waals surface area contributed by atoms with Crippen LogP contribution in [0.4, 0.5) is 27.8 Å². The van der Waals surface area contributed by atoms with Crippen molar-refractivity contribution in [1.29, 1.82) is 0 Å². The maximum absolute atomic E-state index is 14.0. The van der Waals surface area contributed by atoms with Crippen LogP contribution in [0.25, 0.3) is 0 Å². The summed E-state index contributed by atoms with van der Waals surface area (Å²) in [5, 5.41) is 12.1. The van der Waals surface area contributed by atoms with E-state index >= 15 is 0 Å². The summed E-state index contributed by atoms with van der Waals surface area (Å²) in [5.74, 6) is -2.48. The molecule has 2 aromatic heterocycles. The van der Waals surface area contributed by atoms with Crippen LogP contribution in [0.2, 0.25) is 5.02 Å². The Balaban J connectivity index is 0.000000296. The SMILES string of the molecule is CNC(=O)c1nc(NC=O)c2n1C(Cn1cccn1)C(=O)N[C@H]2c1cc(F)ccc1Cl.Cc1cc(F)cc(C(F)(F)F)c1. The minimum Gasteiger partial charge on any atom is -0.352 e. The molecule has 226 valence electrons. The minimum atomic E-state index is -4.47. The van der Waals surface area contributed by atoms with E-state index in [1.807, 2.05) is 0 Å². The average molecular weight is 624 g/mol. The molecule has 10 nitrogen and oxygen atoms in total. The summed E-state index contributed by atoms with van der Waals surface area (Å²) in [6.45, 7) is 1.51. The second-order valence-corrected chi connectivity index (χ2v) is 9.65. The number of fused-ring (bicyclic) bond motifs is 1. The van der Waals surface area contributed by atoms with E-state index < -0.39 is 47.3 Å². The normalized spacial score (nSPS) is 16.0. The third-order valence-corrected chi connectivity index (χ3v) is 6.65. The summed E-state index contributed by atoms with van der Waals surface area (Å²) < 4.78 is 65.4. The number of nitrogens with zero attached hydrogens (tertiary/aromatic N) is 4. The molecule has 1 unspecified atom stereocenters. The van der Waals surface area contributed by atoms with Crippen LogP contribution in [0.3, 0.4) is 0 Å². The van der Waals surface area contributed by atoms with Crippen LogP contribution < -0.4 is 16.0 Å². The smallest absolute Gasteiger partial charge is 0.352 e. The van der Waals surface area contributed by atoms with E-state index in [0.29, 0.717) is 12.5 Å². The Morgan fingerprint density at radius 1 is 1.16 bits per heavy atom. The van der Waals surface area contributed by atoms with Gasteiger partial charge < -0.3 is 20.5 Å². The maximum atomic E-state index is 14.0. The number of hydrogen-bond donors (Lipinski definition) is 3. The predicted molar refractivity (Wildman–Crippen MR) is 144 cm³/mol. The van der Waals surface area contributed by atoms with E-state index in [4.69, 9.17) is 11.6 Å². The van der Waals surface area contributed by atoms with Crippen molar-refractivity contribution in [2.24, 2.45) is 0 Å². The Bertz CT molecular complexity index is 1640. The van der Waals surface area contributed by atoms with Gasteiger partial charge in [-0.25, -0.2) is 13.8 Å². The summed E-state index contributed by atoms with van der Waals surface area (Å²) in [6, 6.07) is 5.99. The van der Waals surface area contributed by atoms with Gasteiger partial charge in [-0.15, -0.1) is 0 Å². The lowest BCUT2D eigenvalue weighted by Gasteiger charge is -2.33. The molecule has 16 heteroatoms. The first-order chi connectivity index (χ1) is 20.3. The number of nitrogens with one attached hydrogen (secondary N) is 3. The number of halogens is 6. The van der Waals surface area contributed by atoms with Crippen LogP contribution in [-0.2, 0) is 22.3 Å². The van der Waals surface area contributed by atoms with E-state index in [1.165, 1.54) is 41.4 Å². The molecule has 43 heavy (non-hydrogen) atoms. The standard InChI is InChI=1S/C19H17ClFN7O3.C8H6F4/c1-22-19(31)17-26-16(23-9-29)15-14(11-7-10(21)3-4-12(11)20)25-18(30)13(28(15)17)8-27-6-2-5-24-27;1-5-2-6(8(10,11)12)4-7(9)3-5/h2-7,9,13-14H,8H2,1H3,(H,22,31)(H,23,29)(H,25,30);2-4H,1H3/t13?,14-;/m0./s1. The van der Waals surface area contributed by atoms with Crippen molar-refractivity contribution in [3.63, 3.8) is 0 Å². The number of amides is 3. The third-order valence-electron chi connectivity index (χ3n) is 6.31. The van der Waals surface area contributed by atoms with Crippen LogP contribution in [0.15, 0.2) is 54.9 Å². The summed E-state index contributed by atoms with van der Waals surface area (Å²) >= 11 is 6.29. The highest BCUT2D eigenvalue weighted by Crippen LogP contribution is 2.39. The fraction of sp³-hybridized carbons (Fsp3) is 0.222. The Labute approximate surface area is 245 Å². The van der Waals surface area contributed by atoms with Gasteiger partial charge in [-0.2, -0.15) is 18.3 Å². The molecule has 5 rings (SSSR count). The van der Waals surface area contributed by atoms with E-state index in [1.54, 1.807) is 18.5 Å². The first-order valence-corrected chi connectivity index (χ1v) is 12.8. The zero-order valence-corrected chi connectivity index (χ0v) is 23.2. The van der Waals surface area contributed by atoms with Crippen LogP contribution in [0.1, 0.15) is 45.1 Å². The first-order valence-electron chi connectivity index (χ1n) is 12.5. The van der Waals surface area contributed by atoms with Crippen molar-refractivity contribution in [2.75, 3.05) is 12.4 Å².